The molecule has 0 saturated carbocycles. The predicted octanol–water partition coefficient (Wildman–Crippen LogP) is 4.78. The van der Waals surface area contributed by atoms with E-state index in [-0.39, 0.29) is 23.2 Å². The van der Waals surface area contributed by atoms with E-state index in [4.69, 9.17) is 19.3 Å². The van der Waals surface area contributed by atoms with E-state index in [1.807, 2.05) is 24.3 Å². The van der Waals surface area contributed by atoms with Crippen molar-refractivity contribution in [1.82, 2.24) is 5.01 Å². The molecule has 2 heterocycles. The second kappa shape index (κ2) is 8.12. The van der Waals surface area contributed by atoms with Crippen molar-refractivity contribution in [3.63, 3.8) is 0 Å². The number of carboxylic acids is 1. The predicted molar refractivity (Wildman–Crippen MR) is 118 cm³/mol. The Hall–Kier alpha value is -4.07. The molecule has 0 fully saturated rings. The van der Waals surface area contributed by atoms with Gasteiger partial charge in [-0.3, -0.25) is 0 Å². The van der Waals surface area contributed by atoms with Crippen LogP contribution in [0, 0.1) is 5.82 Å². The summed E-state index contributed by atoms with van der Waals surface area (Å²) in [7, 11) is 2.85. The van der Waals surface area contributed by atoms with E-state index >= 15 is 0 Å². The number of benzene rings is 3. The zero-order chi connectivity index (χ0) is 23.1. The molecule has 0 radical (unpaired) electrons. The normalized spacial score (nSPS) is 18.6. The molecule has 5 rings (SSSR count). The Bertz CT molecular complexity index is 1260. The fourth-order valence-corrected chi connectivity index (χ4v) is 4.42. The molecular weight excluding hydrogens is 427 g/mol. The van der Waals surface area contributed by atoms with E-state index < -0.39 is 12.2 Å². The zero-order valence-corrected chi connectivity index (χ0v) is 18.0. The van der Waals surface area contributed by atoms with E-state index in [2.05, 4.69) is 0 Å². The summed E-state index contributed by atoms with van der Waals surface area (Å²) in [5.74, 6) is -0.406. The lowest BCUT2D eigenvalue weighted by Crippen LogP contribution is -2.34. The first kappa shape index (κ1) is 20.8. The monoisotopic (exact) mass is 448 g/mol. The van der Waals surface area contributed by atoms with Crippen molar-refractivity contribution < 1.29 is 28.5 Å². The number of nitrogens with zero attached hydrogens (tertiary/aromatic N) is 2. The number of hydrazone groups is 1. The van der Waals surface area contributed by atoms with Crippen LogP contribution in [-0.4, -0.2) is 36.0 Å². The van der Waals surface area contributed by atoms with Crippen molar-refractivity contribution in [2.24, 2.45) is 5.10 Å². The number of halogens is 1. The topological polar surface area (TPSA) is 80.6 Å². The number of ether oxygens (including phenoxy) is 3. The van der Waals surface area contributed by atoms with Crippen LogP contribution >= 0.6 is 0 Å². The highest BCUT2D eigenvalue weighted by Gasteiger charge is 2.43. The minimum Gasteiger partial charge on any atom is -0.493 e. The number of aromatic carboxylic acids is 1. The molecule has 0 bridgehead atoms. The largest absolute Gasteiger partial charge is 0.493 e. The molecule has 1 N–H and O–H groups in total. The number of methoxy groups -OCH3 is 2. The van der Waals surface area contributed by atoms with Gasteiger partial charge in [0.2, 0.25) is 6.23 Å². The first-order chi connectivity index (χ1) is 16.0. The molecule has 8 heteroatoms. The van der Waals surface area contributed by atoms with Crippen molar-refractivity contribution in [1.29, 1.82) is 0 Å². The number of hydrogen-bond donors (Lipinski definition) is 1. The summed E-state index contributed by atoms with van der Waals surface area (Å²) in [4.78, 5) is 12.3. The van der Waals surface area contributed by atoms with Crippen LogP contribution in [0.1, 0.15) is 45.7 Å². The number of para-hydroxylation sites is 1. The Labute approximate surface area is 189 Å². The molecule has 3 aromatic carbocycles. The summed E-state index contributed by atoms with van der Waals surface area (Å²) in [6.07, 6.45) is -0.244. The number of rotatable bonds is 5. The Morgan fingerprint density at radius 1 is 1.06 bits per heavy atom. The van der Waals surface area contributed by atoms with Crippen LogP contribution in [0.25, 0.3) is 0 Å². The summed E-state index contributed by atoms with van der Waals surface area (Å²) >= 11 is 0. The van der Waals surface area contributed by atoms with Gasteiger partial charge in [-0.2, -0.15) is 5.10 Å². The van der Waals surface area contributed by atoms with Crippen molar-refractivity contribution in [2.75, 3.05) is 14.2 Å². The Morgan fingerprint density at radius 3 is 2.52 bits per heavy atom. The molecule has 168 valence electrons. The average molecular weight is 448 g/mol. The minimum absolute atomic E-state index is 0.0505. The second-order valence-electron chi connectivity index (χ2n) is 7.73. The van der Waals surface area contributed by atoms with Crippen LogP contribution in [-0.2, 0) is 0 Å². The van der Waals surface area contributed by atoms with Crippen LogP contribution in [0.15, 0.2) is 65.8 Å². The van der Waals surface area contributed by atoms with E-state index in [0.29, 0.717) is 23.5 Å². The Kier molecular flexibility index (Phi) is 5.12. The van der Waals surface area contributed by atoms with Gasteiger partial charge in [0.1, 0.15) is 17.1 Å². The van der Waals surface area contributed by atoms with Crippen LogP contribution in [0.4, 0.5) is 4.39 Å². The third kappa shape index (κ3) is 3.44. The molecule has 0 spiro atoms. The number of carbonyl (C=O) groups is 1. The van der Waals surface area contributed by atoms with Crippen molar-refractivity contribution in [2.45, 2.75) is 18.7 Å². The average Bonchev–Trinajstić information content (AvgIpc) is 3.28. The van der Waals surface area contributed by atoms with Crippen molar-refractivity contribution in [3.05, 3.63) is 88.7 Å². The smallest absolute Gasteiger partial charge is 0.340 e. The highest BCUT2D eigenvalue weighted by Crippen LogP contribution is 2.49. The minimum atomic E-state index is -1.17. The maximum atomic E-state index is 13.5. The van der Waals surface area contributed by atoms with Gasteiger partial charge in [-0.25, -0.2) is 14.2 Å². The molecule has 2 aliphatic rings. The summed E-state index contributed by atoms with van der Waals surface area (Å²) in [5, 5.41) is 16.6. The SMILES string of the molecule is COc1ccc([C@H]2Oc3ccccc3[C@@H]3CC(c4ccc(F)cc4)=NN23)c(C(=O)O)c1OC. The molecule has 0 aliphatic carbocycles. The number of hydrogen-bond acceptors (Lipinski definition) is 6. The summed E-state index contributed by atoms with van der Waals surface area (Å²) in [5.41, 5.74) is 2.86. The lowest BCUT2D eigenvalue weighted by Gasteiger charge is -2.38. The summed E-state index contributed by atoms with van der Waals surface area (Å²) in [6.45, 7) is 0. The van der Waals surface area contributed by atoms with Gasteiger partial charge in [-0.15, -0.1) is 0 Å². The van der Waals surface area contributed by atoms with E-state index in [1.54, 1.807) is 29.3 Å². The highest BCUT2D eigenvalue weighted by atomic mass is 19.1. The third-order valence-corrected chi connectivity index (χ3v) is 5.93. The Balaban J connectivity index is 1.66. The van der Waals surface area contributed by atoms with Gasteiger partial charge in [0, 0.05) is 17.5 Å². The molecule has 0 saturated heterocycles. The molecule has 7 nitrogen and oxygen atoms in total. The third-order valence-electron chi connectivity index (χ3n) is 5.93. The zero-order valence-electron chi connectivity index (χ0n) is 18.0. The van der Waals surface area contributed by atoms with Gasteiger partial charge >= 0.3 is 5.97 Å². The maximum Gasteiger partial charge on any atom is 0.340 e. The van der Waals surface area contributed by atoms with Crippen molar-refractivity contribution in [3.8, 4) is 17.2 Å². The highest BCUT2D eigenvalue weighted by molar-refractivity contribution is 6.02. The van der Waals surface area contributed by atoms with E-state index in [9.17, 15) is 14.3 Å². The second-order valence-corrected chi connectivity index (χ2v) is 7.73. The van der Waals surface area contributed by atoms with Gasteiger partial charge in [-0.05, 0) is 35.9 Å². The van der Waals surface area contributed by atoms with Gasteiger partial charge in [0.25, 0.3) is 0 Å². The first-order valence-corrected chi connectivity index (χ1v) is 10.4. The lowest BCUT2D eigenvalue weighted by molar-refractivity contribution is -0.0199. The molecule has 2 atom stereocenters. The lowest BCUT2D eigenvalue weighted by atomic mass is 9.95. The summed E-state index contributed by atoms with van der Waals surface area (Å²) in [6, 6.07) is 16.9. The molecule has 0 aromatic heterocycles. The molecule has 0 amide bonds. The molecule has 0 unspecified atom stereocenters. The van der Waals surface area contributed by atoms with Gasteiger partial charge < -0.3 is 19.3 Å². The number of fused-ring (bicyclic) bond motifs is 3. The first-order valence-electron chi connectivity index (χ1n) is 10.4. The Morgan fingerprint density at radius 2 is 1.82 bits per heavy atom. The molecule has 3 aromatic rings. The molecule has 2 aliphatic heterocycles. The van der Waals surface area contributed by atoms with Crippen LogP contribution in [0.5, 0.6) is 17.2 Å². The number of carboxylic acid groups (broad SMARTS) is 1. The van der Waals surface area contributed by atoms with E-state index in [1.165, 1.54) is 26.4 Å². The van der Waals surface area contributed by atoms with Crippen LogP contribution in [0.3, 0.4) is 0 Å². The van der Waals surface area contributed by atoms with Gasteiger partial charge in [0.05, 0.1) is 26.0 Å². The van der Waals surface area contributed by atoms with E-state index in [0.717, 1.165) is 16.8 Å². The quantitative estimate of drug-likeness (QED) is 0.605. The maximum absolute atomic E-state index is 13.5. The molecular formula is C25H21FN2O5. The molecule has 33 heavy (non-hydrogen) atoms. The van der Waals surface area contributed by atoms with Gasteiger partial charge in [0.15, 0.2) is 11.5 Å². The van der Waals surface area contributed by atoms with Crippen LogP contribution in [0.2, 0.25) is 0 Å². The fourth-order valence-electron chi connectivity index (χ4n) is 4.42. The fraction of sp³-hybridized carbons (Fsp3) is 0.200. The summed E-state index contributed by atoms with van der Waals surface area (Å²) < 4.78 is 30.4. The van der Waals surface area contributed by atoms with Crippen LogP contribution < -0.4 is 14.2 Å². The van der Waals surface area contributed by atoms with Crippen molar-refractivity contribution >= 4 is 11.7 Å². The van der Waals surface area contributed by atoms with Gasteiger partial charge in [-0.1, -0.05) is 30.3 Å². The standard InChI is InChI=1S/C25H21FN2O5/c1-31-21-12-11-17(22(25(29)30)23(21)32-2)24-28-19(16-5-3-4-6-20(16)33-24)13-18(27-28)14-7-9-15(26)10-8-14/h3-12,19,24H,13H2,1-2H3,(H,29,30)/t19-,24+/m0/s1.